The third kappa shape index (κ3) is 3.66. The van der Waals surface area contributed by atoms with E-state index in [2.05, 4.69) is 21.0 Å². The average Bonchev–Trinajstić information content (AvgIpc) is 2.77. The number of rotatable bonds is 5. The summed E-state index contributed by atoms with van der Waals surface area (Å²) in [7, 11) is 3.85. The second-order valence-corrected chi connectivity index (χ2v) is 5.83. The lowest BCUT2D eigenvalue weighted by Gasteiger charge is -2.17. The first-order valence-electron chi connectivity index (χ1n) is 6.39. The minimum Gasteiger partial charge on any atom is -0.382 e. The van der Waals surface area contributed by atoms with E-state index in [0.717, 1.165) is 18.7 Å². The molecule has 21 heavy (non-hydrogen) atoms. The highest BCUT2D eigenvalue weighted by molar-refractivity contribution is 9.10. The molecule has 0 amide bonds. The molecular formula is C14H16BrF2N3O. The molecule has 2 aromatic rings. The molecular weight excluding hydrogens is 344 g/mol. The summed E-state index contributed by atoms with van der Waals surface area (Å²) in [5, 5.41) is 14.6. The summed E-state index contributed by atoms with van der Waals surface area (Å²) < 4.78 is 29.0. The Hall–Kier alpha value is -1.31. The Bertz CT molecular complexity index is 631. The number of likely N-dealkylation sites (N-methyl/N-ethyl adjacent to an activating group) is 1. The number of benzene rings is 1. The van der Waals surface area contributed by atoms with E-state index in [0.29, 0.717) is 16.7 Å². The van der Waals surface area contributed by atoms with Gasteiger partial charge in [0.1, 0.15) is 17.7 Å². The maximum Gasteiger partial charge on any atom is 0.132 e. The predicted molar refractivity (Wildman–Crippen MR) is 78.9 cm³/mol. The van der Waals surface area contributed by atoms with Crippen molar-refractivity contribution >= 4 is 15.9 Å². The summed E-state index contributed by atoms with van der Waals surface area (Å²) in [5.74, 6) is -1.46. The van der Waals surface area contributed by atoms with Crippen LogP contribution in [0.3, 0.4) is 0 Å². The Morgan fingerprint density at radius 2 is 2.10 bits per heavy atom. The molecule has 1 aromatic carbocycles. The van der Waals surface area contributed by atoms with E-state index < -0.39 is 17.7 Å². The molecule has 0 bridgehead atoms. The first-order chi connectivity index (χ1) is 9.90. The second kappa shape index (κ2) is 6.64. The number of halogens is 3. The van der Waals surface area contributed by atoms with Crippen molar-refractivity contribution in [1.82, 2.24) is 14.7 Å². The van der Waals surface area contributed by atoms with Gasteiger partial charge in [-0.05, 0) is 36.1 Å². The lowest BCUT2D eigenvalue weighted by atomic mass is 10.1. The summed E-state index contributed by atoms with van der Waals surface area (Å²) in [6, 6.07) is 3.12. The fourth-order valence-electron chi connectivity index (χ4n) is 1.99. The quantitative estimate of drug-likeness (QED) is 0.891. The van der Waals surface area contributed by atoms with Crippen LogP contribution in [-0.2, 0) is 6.54 Å². The maximum atomic E-state index is 13.8. The molecule has 0 fully saturated rings. The van der Waals surface area contributed by atoms with Crippen LogP contribution in [0.25, 0.3) is 0 Å². The summed E-state index contributed by atoms with van der Waals surface area (Å²) in [4.78, 5) is 1.98. The minimum atomic E-state index is -1.22. The summed E-state index contributed by atoms with van der Waals surface area (Å²) in [6.45, 7) is 1.27. The minimum absolute atomic E-state index is 0.0173. The van der Waals surface area contributed by atoms with Crippen molar-refractivity contribution in [1.29, 1.82) is 0 Å². The zero-order valence-electron chi connectivity index (χ0n) is 11.7. The van der Waals surface area contributed by atoms with Crippen molar-refractivity contribution in [2.75, 3.05) is 20.6 Å². The van der Waals surface area contributed by atoms with Crippen LogP contribution in [-0.4, -0.2) is 40.4 Å². The SMILES string of the molecule is CN(C)CCn1ncc(Br)c1C(O)c1ccc(F)cc1F. The lowest BCUT2D eigenvalue weighted by Crippen LogP contribution is -2.21. The third-order valence-corrected chi connectivity index (χ3v) is 3.72. The summed E-state index contributed by atoms with van der Waals surface area (Å²) in [5.41, 5.74) is 0.464. The fourth-order valence-corrected chi connectivity index (χ4v) is 2.50. The highest BCUT2D eigenvalue weighted by Crippen LogP contribution is 2.30. The number of aromatic nitrogens is 2. The van der Waals surface area contributed by atoms with Crippen LogP contribution in [0.15, 0.2) is 28.9 Å². The number of nitrogens with zero attached hydrogens (tertiary/aromatic N) is 3. The van der Waals surface area contributed by atoms with E-state index in [1.165, 1.54) is 6.07 Å². The van der Waals surface area contributed by atoms with Crippen LogP contribution >= 0.6 is 15.9 Å². The molecule has 1 heterocycles. The molecule has 1 atom stereocenters. The van der Waals surface area contributed by atoms with E-state index in [1.807, 2.05) is 19.0 Å². The first kappa shape index (κ1) is 16.1. The summed E-state index contributed by atoms with van der Waals surface area (Å²) >= 11 is 3.31. The van der Waals surface area contributed by atoms with E-state index in [9.17, 15) is 13.9 Å². The molecule has 0 spiro atoms. The van der Waals surface area contributed by atoms with Crippen molar-refractivity contribution in [3.05, 3.63) is 51.8 Å². The topological polar surface area (TPSA) is 41.3 Å². The van der Waals surface area contributed by atoms with Crippen molar-refractivity contribution in [2.45, 2.75) is 12.6 Å². The van der Waals surface area contributed by atoms with Gasteiger partial charge >= 0.3 is 0 Å². The Labute approximate surface area is 130 Å². The molecule has 0 saturated carbocycles. The number of hydrogen-bond acceptors (Lipinski definition) is 3. The zero-order valence-corrected chi connectivity index (χ0v) is 13.3. The van der Waals surface area contributed by atoms with Crippen LogP contribution in [0.5, 0.6) is 0 Å². The number of aliphatic hydroxyl groups excluding tert-OH is 1. The standard InChI is InChI=1S/C14H16BrF2N3O/c1-19(2)5-6-20-13(11(15)8-18-20)14(21)10-4-3-9(16)7-12(10)17/h3-4,7-8,14,21H,5-6H2,1-2H3. The molecule has 0 aliphatic heterocycles. The van der Waals surface area contributed by atoms with Gasteiger partial charge in [-0.2, -0.15) is 5.10 Å². The van der Waals surface area contributed by atoms with E-state index in [1.54, 1.807) is 10.9 Å². The van der Waals surface area contributed by atoms with Crippen LogP contribution in [0, 0.1) is 11.6 Å². The molecule has 7 heteroatoms. The van der Waals surface area contributed by atoms with Gasteiger partial charge in [0.15, 0.2) is 0 Å². The van der Waals surface area contributed by atoms with Crippen molar-refractivity contribution < 1.29 is 13.9 Å². The number of hydrogen-bond donors (Lipinski definition) is 1. The van der Waals surface area contributed by atoms with E-state index >= 15 is 0 Å². The van der Waals surface area contributed by atoms with Gasteiger partial charge < -0.3 is 10.0 Å². The maximum absolute atomic E-state index is 13.8. The molecule has 0 saturated heterocycles. The molecule has 1 unspecified atom stereocenters. The molecule has 1 aromatic heterocycles. The van der Waals surface area contributed by atoms with Gasteiger partial charge in [-0.3, -0.25) is 4.68 Å². The molecule has 1 N–H and O–H groups in total. The van der Waals surface area contributed by atoms with Gasteiger partial charge in [-0.1, -0.05) is 6.07 Å². The predicted octanol–water partition coefficient (Wildman–Crippen LogP) is 2.57. The lowest BCUT2D eigenvalue weighted by molar-refractivity contribution is 0.199. The average molecular weight is 360 g/mol. The highest BCUT2D eigenvalue weighted by Gasteiger charge is 2.22. The van der Waals surface area contributed by atoms with E-state index in [4.69, 9.17) is 0 Å². The van der Waals surface area contributed by atoms with Gasteiger partial charge in [0.05, 0.1) is 22.9 Å². The van der Waals surface area contributed by atoms with Gasteiger partial charge in [0.2, 0.25) is 0 Å². The zero-order chi connectivity index (χ0) is 15.6. The first-order valence-corrected chi connectivity index (χ1v) is 7.18. The highest BCUT2D eigenvalue weighted by atomic mass is 79.9. The van der Waals surface area contributed by atoms with Crippen LogP contribution < -0.4 is 0 Å². The van der Waals surface area contributed by atoms with Crippen molar-refractivity contribution in [3.63, 3.8) is 0 Å². The van der Waals surface area contributed by atoms with Crippen LogP contribution in [0.1, 0.15) is 17.4 Å². The third-order valence-electron chi connectivity index (χ3n) is 3.11. The van der Waals surface area contributed by atoms with Crippen molar-refractivity contribution in [2.24, 2.45) is 0 Å². The molecule has 0 aliphatic rings. The molecule has 0 aliphatic carbocycles. The van der Waals surface area contributed by atoms with Gasteiger partial charge in [-0.25, -0.2) is 8.78 Å². The Balaban J connectivity index is 2.34. The van der Waals surface area contributed by atoms with Crippen molar-refractivity contribution in [3.8, 4) is 0 Å². The van der Waals surface area contributed by atoms with Gasteiger partial charge in [0.25, 0.3) is 0 Å². The van der Waals surface area contributed by atoms with Gasteiger partial charge in [0, 0.05) is 18.2 Å². The van der Waals surface area contributed by atoms with Gasteiger partial charge in [-0.15, -0.1) is 0 Å². The summed E-state index contributed by atoms with van der Waals surface area (Å²) in [6.07, 6.45) is 0.333. The molecule has 4 nitrogen and oxygen atoms in total. The monoisotopic (exact) mass is 359 g/mol. The Morgan fingerprint density at radius 1 is 1.38 bits per heavy atom. The molecule has 2 rings (SSSR count). The van der Waals surface area contributed by atoms with Crippen LogP contribution in [0.4, 0.5) is 8.78 Å². The molecule has 114 valence electrons. The second-order valence-electron chi connectivity index (χ2n) is 4.97. The fraction of sp³-hybridized carbons (Fsp3) is 0.357. The Morgan fingerprint density at radius 3 is 2.71 bits per heavy atom. The smallest absolute Gasteiger partial charge is 0.132 e. The van der Waals surface area contributed by atoms with E-state index in [-0.39, 0.29) is 5.56 Å². The largest absolute Gasteiger partial charge is 0.382 e. The molecule has 0 radical (unpaired) electrons. The van der Waals surface area contributed by atoms with Crippen LogP contribution in [0.2, 0.25) is 0 Å². The normalized spacial score (nSPS) is 12.9. The Kier molecular flexibility index (Phi) is 5.08. The number of aliphatic hydroxyl groups is 1.